The van der Waals surface area contributed by atoms with Crippen LogP contribution in [-0.4, -0.2) is 23.7 Å². The molecule has 0 heterocycles. The van der Waals surface area contributed by atoms with Crippen LogP contribution in [0.3, 0.4) is 0 Å². The largest absolute Gasteiger partial charge is 0.480 e. The van der Waals surface area contributed by atoms with Gasteiger partial charge in [0.15, 0.2) is 0 Å². The summed E-state index contributed by atoms with van der Waals surface area (Å²) in [5.74, 6) is -0.770. The summed E-state index contributed by atoms with van der Waals surface area (Å²) in [6, 6.07) is 13.8. The molecule has 0 aromatic heterocycles. The van der Waals surface area contributed by atoms with Crippen molar-refractivity contribution in [1.29, 1.82) is 0 Å². The summed E-state index contributed by atoms with van der Waals surface area (Å²) in [5, 5.41) is 15.2. The Morgan fingerprint density at radius 3 is 2.21 bits per heavy atom. The molecule has 0 spiro atoms. The smallest absolute Gasteiger partial charge is 0.321 e. The van der Waals surface area contributed by atoms with E-state index >= 15 is 0 Å². The molecule has 0 aliphatic rings. The van der Waals surface area contributed by atoms with Gasteiger partial charge < -0.3 is 10.4 Å². The minimum atomic E-state index is -0.770. The number of aliphatic carboxylic acids is 1. The van der Waals surface area contributed by atoms with Gasteiger partial charge in [0.1, 0.15) is 6.04 Å². The molecule has 1 atom stereocenters. The van der Waals surface area contributed by atoms with Crippen LogP contribution in [0.4, 0.5) is 0 Å². The van der Waals surface area contributed by atoms with Gasteiger partial charge in [-0.25, -0.2) is 0 Å². The van der Waals surface area contributed by atoms with E-state index in [4.69, 9.17) is 0 Å². The summed E-state index contributed by atoms with van der Waals surface area (Å²) in [4.78, 5) is 11.8. The van der Waals surface area contributed by atoms with Gasteiger partial charge in [-0.15, -0.1) is 0 Å². The van der Waals surface area contributed by atoms with Crippen molar-refractivity contribution in [3.05, 3.63) is 72.3 Å². The zero-order valence-electron chi connectivity index (χ0n) is 21.2. The Kier molecular flexibility index (Phi) is 14.7. The Bertz CT molecular complexity index is 865. The molecule has 2 aromatic rings. The van der Waals surface area contributed by atoms with Crippen molar-refractivity contribution in [2.24, 2.45) is 0 Å². The quantitative estimate of drug-likeness (QED) is 0.163. The SMILES string of the molecule is CCCCC/C=C\C/C=C\CCCCCCCCN[C@@H](Cc1cccc2ccccc12)C(=O)O. The molecule has 0 aliphatic carbocycles. The fraction of sp³-hybridized carbons (Fsp3) is 0.516. The van der Waals surface area contributed by atoms with E-state index in [1.54, 1.807) is 0 Å². The van der Waals surface area contributed by atoms with Gasteiger partial charge in [0.2, 0.25) is 0 Å². The van der Waals surface area contributed by atoms with Gasteiger partial charge in [-0.1, -0.05) is 112 Å². The molecule has 2 N–H and O–H groups in total. The lowest BCUT2D eigenvalue weighted by Gasteiger charge is -2.16. The van der Waals surface area contributed by atoms with E-state index in [1.807, 2.05) is 24.3 Å². The van der Waals surface area contributed by atoms with Crippen LogP contribution in [0.2, 0.25) is 0 Å². The zero-order valence-corrected chi connectivity index (χ0v) is 21.2. The first kappa shape index (κ1) is 27.9. The number of benzene rings is 2. The van der Waals surface area contributed by atoms with Crippen molar-refractivity contribution in [2.45, 2.75) is 96.4 Å². The number of carbonyl (C=O) groups is 1. The lowest BCUT2D eigenvalue weighted by molar-refractivity contribution is -0.139. The number of carboxylic acids is 1. The lowest BCUT2D eigenvalue weighted by atomic mass is 9.98. The molecule has 3 nitrogen and oxygen atoms in total. The first-order chi connectivity index (χ1) is 16.7. The summed E-state index contributed by atoms with van der Waals surface area (Å²) < 4.78 is 0. The van der Waals surface area contributed by atoms with E-state index in [2.05, 4.69) is 54.7 Å². The summed E-state index contributed by atoms with van der Waals surface area (Å²) in [6.45, 7) is 3.01. The predicted octanol–water partition coefficient (Wildman–Crippen LogP) is 8.24. The highest BCUT2D eigenvalue weighted by molar-refractivity contribution is 5.86. The van der Waals surface area contributed by atoms with Crippen LogP contribution in [0.5, 0.6) is 0 Å². The van der Waals surface area contributed by atoms with E-state index < -0.39 is 12.0 Å². The maximum Gasteiger partial charge on any atom is 0.321 e. The number of hydrogen-bond donors (Lipinski definition) is 2. The van der Waals surface area contributed by atoms with Crippen LogP contribution in [0.1, 0.15) is 89.5 Å². The van der Waals surface area contributed by atoms with Crippen LogP contribution in [0.25, 0.3) is 10.8 Å². The summed E-state index contributed by atoms with van der Waals surface area (Å²) in [7, 11) is 0. The second-order valence-corrected chi connectivity index (χ2v) is 9.27. The van der Waals surface area contributed by atoms with Gasteiger partial charge >= 0.3 is 5.97 Å². The van der Waals surface area contributed by atoms with Crippen molar-refractivity contribution in [2.75, 3.05) is 6.54 Å². The van der Waals surface area contributed by atoms with E-state index in [1.165, 1.54) is 57.8 Å². The van der Waals surface area contributed by atoms with E-state index in [-0.39, 0.29) is 0 Å². The minimum Gasteiger partial charge on any atom is -0.480 e. The highest BCUT2D eigenvalue weighted by Crippen LogP contribution is 2.20. The van der Waals surface area contributed by atoms with Gasteiger partial charge in [0.25, 0.3) is 0 Å². The third-order valence-corrected chi connectivity index (χ3v) is 6.37. The molecule has 186 valence electrons. The molecular formula is C31H45NO2. The van der Waals surface area contributed by atoms with Gasteiger partial charge in [-0.2, -0.15) is 0 Å². The summed E-state index contributed by atoms with van der Waals surface area (Å²) >= 11 is 0. The number of carboxylic acid groups (broad SMARTS) is 1. The Balaban J connectivity index is 1.51. The molecule has 0 bridgehead atoms. The molecule has 0 saturated carbocycles. The second kappa shape index (κ2) is 18.0. The van der Waals surface area contributed by atoms with Crippen molar-refractivity contribution in [3.63, 3.8) is 0 Å². The average Bonchev–Trinajstić information content (AvgIpc) is 2.85. The number of rotatable bonds is 19. The maximum atomic E-state index is 11.8. The Labute approximate surface area is 207 Å². The van der Waals surface area contributed by atoms with E-state index in [0.29, 0.717) is 6.42 Å². The van der Waals surface area contributed by atoms with Gasteiger partial charge in [0.05, 0.1) is 0 Å². The third-order valence-electron chi connectivity index (χ3n) is 6.37. The van der Waals surface area contributed by atoms with Crippen LogP contribution in [0, 0.1) is 0 Å². The number of nitrogens with one attached hydrogen (secondary N) is 1. The highest BCUT2D eigenvalue weighted by Gasteiger charge is 2.18. The topological polar surface area (TPSA) is 49.3 Å². The average molecular weight is 464 g/mol. The highest BCUT2D eigenvalue weighted by atomic mass is 16.4. The van der Waals surface area contributed by atoms with Gasteiger partial charge in [-0.3, -0.25) is 4.79 Å². The standard InChI is InChI=1S/C31H45NO2/c1-2-3-4-5-6-7-8-9-10-11-12-13-14-15-16-19-25-32-30(31(33)34)26-28-23-20-22-27-21-17-18-24-29(27)28/h6-7,9-10,17-18,20-24,30,32H,2-5,8,11-16,19,25-26H2,1H3,(H,33,34)/b7-6-,10-9-/t30-/m0/s1. The van der Waals surface area contributed by atoms with Crippen LogP contribution in [-0.2, 0) is 11.2 Å². The minimum absolute atomic E-state index is 0.513. The van der Waals surface area contributed by atoms with E-state index in [0.717, 1.165) is 42.1 Å². The van der Waals surface area contributed by atoms with Crippen LogP contribution < -0.4 is 5.32 Å². The molecule has 2 rings (SSSR count). The fourth-order valence-electron chi connectivity index (χ4n) is 4.33. The predicted molar refractivity (Wildman–Crippen MR) is 146 cm³/mol. The van der Waals surface area contributed by atoms with Crippen molar-refractivity contribution in [3.8, 4) is 0 Å². The van der Waals surface area contributed by atoms with Gasteiger partial charge in [0, 0.05) is 0 Å². The Morgan fingerprint density at radius 2 is 1.47 bits per heavy atom. The molecular weight excluding hydrogens is 418 g/mol. The fourth-order valence-corrected chi connectivity index (χ4v) is 4.33. The van der Waals surface area contributed by atoms with Crippen molar-refractivity contribution < 1.29 is 9.90 Å². The second-order valence-electron chi connectivity index (χ2n) is 9.27. The van der Waals surface area contributed by atoms with Crippen molar-refractivity contribution in [1.82, 2.24) is 5.32 Å². The molecule has 0 unspecified atom stereocenters. The van der Waals surface area contributed by atoms with Crippen molar-refractivity contribution >= 4 is 16.7 Å². The first-order valence-corrected chi connectivity index (χ1v) is 13.4. The maximum absolute atomic E-state index is 11.8. The first-order valence-electron chi connectivity index (χ1n) is 13.4. The lowest BCUT2D eigenvalue weighted by Crippen LogP contribution is -2.39. The number of allylic oxidation sites excluding steroid dienone is 4. The monoisotopic (exact) mass is 463 g/mol. The summed E-state index contributed by atoms with van der Waals surface area (Å²) in [6.07, 6.45) is 24.4. The Morgan fingerprint density at radius 1 is 0.824 bits per heavy atom. The van der Waals surface area contributed by atoms with Gasteiger partial charge in [-0.05, 0) is 67.8 Å². The van der Waals surface area contributed by atoms with E-state index in [9.17, 15) is 9.90 Å². The molecule has 3 heteroatoms. The number of unbranched alkanes of at least 4 members (excludes halogenated alkanes) is 9. The number of fused-ring (bicyclic) bond motifs is 1. The molecule has 0 saturated heterocycles. The van der Waals surface area contributed by atoms with Crippen LogP contribution >= 0.6 is 0 Å². The zero-order chi connectivity index (χ0) is 24.3. The number of hydrogen-bond acceptors (Lipinski definition) is 2. The normalized spacial score (nSPS) is 12.7. The molecule has 0 fully saturated rings. The molecule has 34 heavy (non-hydrogen) atoms. The molecule has 0 radical (unpaired) electrons. The van der Waals surface area contributed by atoms with Crippen LogP contribution in [0.15, 0.2) is 66.8 Å². The molecule has 0 amide bonds. The molecule has 0 aliphatic heterocycles. The Hall–Kier alpha value is -2.39. The third kappa shape index (κ3) is 11.7. The summed E-state index contributed by atoms with van der Waals surface area (Å²) in [5.41, 5.74) is 1.09. The molecule has 2 aromatic carbocycles.